The molecule has 4 nitrogen and oxygen atoms in total. The molecule has 0 bridgehead atoms. The van der Waals surface area contributed by atoms with Crippen molar-refractivity contribution in [2.75, 3.05) is 6.54 Å². The van der Waals surface area contributed by atoms with Crippen LogP contribution in [0.2, 0.25) is 10.0 Å². The van der Waals surface area contributed by atoms with Crippen LogP contribution < -0.4 is 4.74 Å². The van der Waals surface area contributed by atoms with Gasteiger partial charge in [0.1, 0.15) is 12.4 Å². The molecule has 3 aromatic carbocycles. The van der Waals surface area contributed by atoms with Gasteiger partial charge in [0.05, 0.1) is 20.6 Å². The maximum atomic E-state index is 13.2. The predicted octanol–water partition coefficient (Wildman–Crippen LogP) is 7.89. The van der Waals surface area contributed by atoms with E-state index in [1.54, 1.807) is 17.0 Å². The van der Waals surface area contributed by atoms with Gasteiger partial charge < -0.3 is 4.74 Å². The van der Waals surface area contributed by atoms with Crippen LogP contribution in [0.15, 0.2) is 76.6 Å². The summed E-state index contributed by atoms with van der Waals surface area (Å²) in [7, 11) is 0. The van der Waals surface area contributed by atoms with Crippen LogP contribution in [0.4, 0.5) is 5.69 Å². The van der Waals surface area contributed by atoms with Crippen LogP contribution in [-0.4, -0.2) is 22.5 Å². The fourth-order valence-corrected chi connectivity index (χ4v) is 4.74. The Morgan fingerprint density at radius 1 is 1.03 bits per heavy atom. The van der Waals surface area contributed by atoms with Crippen LogP contribution in [0.3, 0.4) is 0 Å². The average Bonchev–Trinajstić information content (AvgIpc) is 3.11. The molecule has 1 aliphatic rings. The summed E-state index contributed by atoms with van der Waals surface area (Å²) in [6.45, 7) is 5.04. The van der Waals surface area contributed by atoms with E-state index in [1.165, 1.54) is 17.3 Å². The lowest BCUT2D eigenvalue weighted by atomic mass is 10.1. The van der Waals surface area contributed by atoms with Gasteiger partial charge in [-0.1, -0.05) is 72.1 Å². The molecule has 1 saturated heterocycles. The minimum Gasteiger partial charge on any atom is -0.488 e. The summed E-state index contributed by atoms with van der Waals surface area (Å²) < 4.78 is 6.06. The van der Waals surface area contributed by atoms with Crippen molar-refractivity contribution in [1.82, 2.24) is 4.90 Å². The lowest BCUT2D eigenvalue weighted by Crippen LogP contribution is -2.29. The van der Waals surface area contributed by atoms with Crippen molar-refractivity contribution in [3.63, 3.8) is 0 Å². The number of thioether (sulfide) groups is 1. The second-order valence-corrected chi connectivity index (χ2v) is 9.70. The van der Waals surface area contributed by atoms with Crippen LogP contribution in [-0.2, 0) is 11.4 Å². The molecule has 1 fully saturated rings. The molecule has 0 aliphatic carbocycles. The van der Waals surface area contributed by atoms with Crippen molar-refractivity contribution >= 4 is 57.8 Å². The number of amides is 1. The summed E-state index contributed by atoms with van der Waals surface area (Å²) in [4.78, 5) is 20.3. The molecule has 0 aromatic heterocycles. The molecule has 0 spiro atoms. The van der Waals surface area contributed by atoms with Crippen LogP contribution in [0.5, 0.6) is 5.75 Å². The molecule has 0 atom stereocenters. The largest absolute Gasteiger partial charge is 0.488 e. The number of aliphatic imine (C=N–C) groups is 1. The molecule has 4 rings (SSSR count). The van der Waals surface area contributed by atoms with E-state index >= 15 is 0 Å². The van der Waals surface area contributed by atoms with Crippen LogP contribution in [0.1, 0.15) is 30.0 Å². The molecule has 0 radical (unpaired) electrons. The van der Waals surface area contributed by atoms with Gasteiger partial charge in [-0.15, -0.1) is 0 Å². The van der Waals surface area contributed by atoms with Gasteiger partial charge in [0.25, 0.3) is 5.91 Å². The Hall–Kier alpha value is -2.73. The third kappa shape index (κ3) is 5.84. The smallest absolute Gasteiger partial charge is 0.266 e. The lowest BCUT2D eigenvalue weighted by molar-refractivity contribution is -0.122. The highest BCUT2D eigenvalue weighted by Gasteiger charge is 2.33. The molecule has 1 heterocycles. The Morgan fingerprint density at radius 3 is 2.53 bits per heavy atom. The number of benzene rings is 3. The molecule has 34 heavy (non-hydrogen) atoms. The van der Waals surface area contributed by atoms with Gasteiger partial charge in [0.15, 0.2) is 5.17 Å². The topological polar surface area (TPSA) is 41.9 Å². The Bertz CT molecular complexity index is 1260. The number of ether oxygens (including phenoxy) is 1. The summed E-state index contributed by atoms with van der Waals surface area (Å²) in [5, 5.41) is 1.69. The maximum Gasteiger partial charge on any atom is 0.266 e. The predicted molar refractivity (Wildman–Crippen MR) is 143 cm³/mol. The molecule has 174 valence electrons. The molecular weight excluding hydrogens is 487 g/mol. The van der Waals surface area contributed by atoms with E-state index < -0.39 is 0 Å². The van der Waals surface area contributed by atoms with Crippen molar-refractivity contribution < 1.29 is 9.53 Å². The first-order chi connectivity index (χ1) is 16.4. The van der Waals surface area contributed by atoms with Gasteiger partial charge in [-0.2, -0.15) is 0 Å². The van der Waals surface area contributed by atoms with Crippen LogP contribution in [0, 0.1) is 6.92 Å². The summed E-state index contributed by atoms with van der Waals surface area (Å²) in [5.74, 6) is 0.637. The van der Waals surface area contributed by atoms with Gasteiger partial charge in [-0.05, 0) is 67.1 Å². The Kier molecular flexibility index (Phi) is 7.99. The molecule has 1 aliphatic heterocycles. The SMILES string of the molecule is CCCN1C(=O)/C(=C\c2ccccc2OCc2ccc(Cl)c(Cl)c2)SC1=Nc1ccc(C)cc1. The number of hydrogen-bond acceptors (Lipinski definition) is 4. The van der Waals surface area contributed by atoms with E-state index in [0.717, 1.165) is 23.2 Å². The minimum absolute atomic E-state index is 0.0444. The molecular formula is C27H24Cl2N2O2S. The fourth-order valence-electron chi connectivity index (χ4n) is 3.40. The molecule has 1 amide bonds. The van der Waals surface area contributed by atoms with Crippen molar-refractivity contribution in [2.24, 2.45) is 4.99 Å². The third-order valence-electron chi connectivity index (χ3n) is 5.18. The zero-order chi connectivity index (χ0) is 24.1. The Morgan fingerprint density at radius 2 is 1.79 bits per heavy atom. The minimum atomic E-state index is -0.0444. The van der Waals surface area contributed by atoms with Crippen LogP contribution >= 0.6 is 35.0 Å². The molecule has 0 saturated carbocycles. The van der Waals surface area contributed by atoms with Crippen LogP contribution in [0.25, 0.3) is 6.08 Å². The van der Waals surface area contributed by atoms with E-state index in [0.29, 0.717) is 39.0 Å². The molecule has 0 N–H and O–H groups in total. The second-order valence-electron chi connectivity index (χ2n) is 7.87. The van der Waals surface area contributed by atoms with Crippen molar-refractivity contribution in [3.8, 4) is 5.75 Å². The first kappa shape index (κ1) is 24.4. The van der Waals surface area contributed by atoms with Gasteiger partial charge in [0, 0.05) is 12.1 Å². The quantitative estimate of drug-likeness (QED) is 0.303. The zero-order valence-electron chi connectivity index (χ0n) is 18.9. The Labute approximate surface area is 214 Å². The number of carbonyl (C=O) groups is 1. The monoisotopic (exact) mass is 510 g/mol. The van der Waals surface area contributed by atoms with E-state index in [2.05, 4.69) is 6.92 Å². The molecule has 3 aromatic rings. The highest BCUT2D eigenvalue weighted by Crippen LogP contribution is 2.36. The first-order valence-corrected chi connectivity index (χ1v) is 12.5. The van der Waals surface area contributed by atoms with Gasteiger partial charge in [-0.3, -0.25) is 9.69 Å². The number of amidine groups is 1. The van der Waals surface area contributed by atoms with E-state index in [9.17, 15) is 4.79 Å². The van der Waals surface area contributed by atoms with Crippen molar-refractivity contribution in [3.05, 3.63) is 98.4 Å². The van der Waals surface area contributed by atoms with Crippen molar-refractivity contribution in [2.45, 2.75) is 26.9 Å². The number of aryl methyl sites for hydroxylation is 1. The number of halogens is 2. The van der Waals surface area contributed by atoms with Gasteiger partial charge in [0.2, 0.25) is 0 Å². The van der Waals surface area contributed by atoms with E-state index in [4.69, 9.17) is 32.9 Å². The van der Waals surface area contributed by atoms with Crippen molar-refractivity contribution in [1.29, 1.82) is 0 Å². The molecule has 0 unspecified atom stereocenters. The number of rotatable bonds is 7. The van der Waals surface area contributed by atoms with E-state index in [-0.39, 0.29) is 5.91 Å². The maximum absolute atomic E-state index is 13.2. The second kappa shape index (κ2) is 11.1. The highest BCUT2D eigenvalue weighted by molar-refractivity contribution is 8.18. The molecule has 7 heteroatoms. The highest BCUT2D eigenvalue weighted by atomic mass is 35.5. The summed E-state index contributed by atoms with van der Waals surface area (Å²) in [6.07, 6.45) is 2.72. The fraction of sp³-hybridized carbons (Fsp3) is 0.185. The lowest BCUT2D eigenvalue weighted by Gasteiger charge is -2.14. The number of hydrogen-bond donors (Lipinski definition) is 0. The summed E-state index contributed by atoms with van der Waals surface area (Å²) in [5.41, 5.74) is 3.73. The summed E-state index contributed by atoms with van der Waals surface area (Å²) in [6, 6.07) is 21.0. The summed E-state index contributed by atoms with van der Waals surface area (Å²) >= 11 is 13.5. The van der Waals surface area contributed by atoms with E-state index in [1.807, 2.05) is 67.6 Å². The number of nitrogens with zero attached hydrogens (tertiary/aromatic N) is 2. The number of carbonyl (C=O) groups excluding carboxylic acids is 1. The standard InChI is InChI=1S/C27H24Cl2N2O2S/c1-3-14-31-26(32)25(34-27(31)30-21-11-8-18(2)9-12-21)16-20-6-4-5-7-24(20)33-17-19-10-13-22(28)23(29)15-19/h4-13,15-16H,3,14,17H2,1-2H3/b25-16+,30-27?. The first-order valence-electron chi connectivity index (χ1n) is 11.0. The number of para-hydroxylation sites is 1. The zero-order valence-corrected chi connectivity index (χ0v) is 21.3. The normalized spacial score (nSPS) is 16.0. The third-order valence-corrected chi connectivity index (χ3v) is 6.92. The van der Waals surface area contributed by atoms with Gasteiger partial charge in [-0.25, -0.2) is 4.99 Å². The Balaban J connectivity index is 1.58. The average molecular weight is 511 g/mol. The van der Waals surface area contributed by atoms with Gasteiger partial charge >= 0.3 is 0 Å².